The van der Waals surface area contributed by atoms with E-state index in [0.717, 1.165) is 39.7 Å². The van der Waals surface area contributed by atoms with Gasteiger partial charge in [-0.1, -0.05) is 66.7 Å². The molecule has 0 spiro atoms. The Kier molecular flexibility index (Phi) is 3.90. The van der Waals surface area contributed by atoms with E-state index in [1.807, 2.05) is 49.4 Å². The van der Waals surface area contributed by atoms with Gasteiger partial charge in [0, 0.05) is 23.9 Å². The predicted octanol–water partition coefficient (Wildman–Crippen LogP) is 5.12. The Morgan fingerprint density at radius 1 is 0.680 bits per heavy atom. The summed E-state index contributed by atoms with van der Waals surface area (Å²) >= 11 is 0. The van der Waals surface area contributed by atoms with Crippen LogP contribution in [0.3, 0.4) is 0 Å². The highest BCUT2D eigenvalue weighted by Crippen LogP contribution is 2.34. The summed E-state index contributed by atoms with van der Waals surface area (Å²) in [6.45, 7) is 2.00. The number of aromatic nitrogens is 3. The van der Waals surface area contributed by atoms with Gasteiger partial charge in [0.2, 0.25) is 0 Å². The SMILES string of the molecule is Cc1cccc(-c2nc(-c3ccccc3)c(-c3ccccc3)n2C)n1. The van der Waals surface area contributed by atoms with Crippen LogP contribution in [0.5, 0.6) is 0 Å². The van der Waals surface area contributed by atoms with Gasteiger partial charge >= 0.3 is 0 Å². The van der Waals surface area contributed by atoms with E-state index in [0.29, 0.717) is 0 Å². The number of nitrogens with zero attached hydrogens (tertiary/aromatic N) is 3. The van der Waals surface area contributed by atoms with Crippen LogP contribution in [-0.2, 0) is 7.05 Å². The molecular formula is C22H19N3. The Balaban J connectivity index is 1.99. The quantitative estimate of drug-likeness (QED) is 0.523. The van der Waals surface area contributed by atoms with Crippen molar-refractivity contribution in [1.29, 1.82) is 0 Å². The number of hydrogen-bond acceptors (Lipinski definition) is 2. The largest absolute Gasteiger partial charge is 0.325 e. The number of rotatable bonds is 3. The van der Waals surface area contributed by atoms with Gasteiger partial charge in [0.15, 0.2) is 5.82 Å². The second-order valence-corrected chi connectivity index (χ2v) is 6.09. The van der Waals surface area contributed by atoms with Crippen molar-refractivity contribution in [2.45, 2.75) is 6.92 Å². The zero-order chi connectivity index (χ0) is 17.2. The summed E-state index contributed by atoms with van der Waals surface area (Å²) in [5, 5.41) is 0. The average Bonchev–Trinajstić information content (AvgIpc) is 3.00. The molecule has 122 valence electrons. The number of hydrogen-bond donors (Lipinski definition) is 0. The molecule has 0 aliphatic rings. The van der Waals surface area contributed by atoms with Crippen LogP contribution in [0.25, 0.3) is 34.0 Å². The van der Waals surface area contributed by atoms with E-state index in [2.05, 4.69) is 53.0 Å². The summed E-state index contributed by atoms with van der Waals surface area (Å²) in [4.78, 5) is 9.63. The fourth-order valence-corrected chi connectivity index (χ4v) is 3.12. The second-order valence-electron chi connectivity index (χ2n) is 6.09. The van der Waals surface area contributed by atoms with Crippen molar-refractivity contribution in [1.82, 2.24) is 14.5 Å². The molecule has 2 aromatic heterocycles. The molecule has 0 N–H and O–H groups in total. The van der Waals surface area contributed by atoms with Crippen LogP contribution in [0.15, 0.2) is 78.9 Å². The molecule has 3 heteroatoms. The van der Waals surface area contributed by atoms with E-state index >= 15 is 0 Å². The van der Waals surface area contributed by atoms with Gasteiger partial charge in [0.05, 0.1) is 11.4 Å². The van der Waals surface area contributed by atoms with Gasteiger partial charge in [-0.15, -0.1) is 0 Å². The summed E-state index contributed by atoms with van der Waals surface area (Å²) in [5.41, 5.74) is 6.22. The number of imidazole rings is 1. The standard InChI is InChI=1S/C22H19N3/c1-16-10-9-15-19(23-16)22-24-20(17-11-5-3-6-12-17)21(25(22)2)18-13-7-4-8-14-18/h3-15H,1-2H3. The molecule has 2 heterocycles. The first-order valence-electron chi connectivity index (χ1n) is 8.35. The van der Waals surface area contributed by atoms with E-state index in [1.165, 1.54) is 0 Å². The number of pyridine rings is 1. The molecule has 0 saturated carbocycles. The van der Waals surface area contributed by atoms with Crippen LogP contribution in [0.4, 0.5) is 0 Å². The van der Waals surface area contributed by atoms with Crippen LogP contribution in [0.1, 0.15) is 5.69 Å². The highest BCUT2D eigenvalue weighted by atomic mass is 15.1. The van der Waals surface area contributed by atoms with Crippen LogP contribution in [0.2, 0.25) is 0 Å². The fourth-order valence-electron chi connectivity index (χ4n) is 3.12. The van der Waals surface area contributed by atoms with Crippen LogP contribution in [0, 0.1) is 6.92 Å². The Morgan fingerprint density at radius 3 is 1.96 bits per heavy atom. The summed E-state index contributed by atoms with van der Waals surface area (Å²) in [7, 11) is 2.06. The maximum atomic E-state index is 4.97. The minimum Gasteiger partial charge on any atom is -0.325 e. The van der Waals surface area contributed by atoms with E-state index in [-0.39, 0.29) is 0 Å². The van der Waals surface area contributed by atoms with Crippen molar-refractivity contribution in [2.75, 3.05) is 0 Å². The van der Waals surface area contributed by atoms with Gasteiger partial charge in [0.1, 0.15) is 5.69 Å². The third-order valence-electron chi connectivity index (χ3n) is 4.31. The zero-order valence-electron chi connectivity index (χ0n) is 14.3. The maximum absolute atomic E-state index is 4.97. The minimum atomic E-state index is 0.876. The van der Waals surface area contributed by atoms with Crippen molar-refractivity contribution >= 4 is 0 Å². The van der Waals surface area contributed by atoms with Gasteiger partial charge in [-0.05, 0) is 19.1 Å². The number of aryl methyl sites for hydroxylation is 1. The van der Waals surface area contributed by atoms with Crippen molar-refractivity contribution < 1.29 is 0 Å². The number of benzene rings is 2. The first kappa shape index (κ1) is 15.3. The molecule has 0 aliphatic carbocycles. The molecule has 0 aliphatic heterocycles. The molecule has 3 nitrogen and oxygen atoms in total. The minimum absolute atomic E-state index is 0.876. The lowest BCUT2D eigenvalue weighted by atomic mass is 10.1. The Morgan fingerprint density at radius 2 is 1.32 bits per heavy atom. The maximum Gasteiger partial charge on any atom is 0.159 e. The molecule has 0 radical (unpaired) electrons. The highest BCUT2D eigenvalue weighted by molar-refractivity contribution is 5.81. The zero-order valence-corrected chi connectivity index (χ0v) is 14.3. The molecule has 0 bridgehead atoms. The van der Waals surface area contributed by atoms with Crippen LogP contribution in [-0.4, -0.2) is 14.5 Å². The van der Waals surface area contributed by atoms with Gasteiger partial charge in [-0.3, -0.25) is 0 Å². The van der Waals surface area contributed by atoms with Crippen molar-refractivity contribution in [3.63, 3.8) is 0 Å². The second kappa shape index (κ2) is 6.36. The predicted molar refractivity (Wildman–Crippen MR) is 102 cm³/mol. The molecular weight excluding hydrogens is 306 g/mol. The van der Waals surface area contributed by atoms with Crippen molar-refractivity contribution in [3.05, 3.63) is 84.6 Å². The van der Waals surface area contributed by atoms with Gasteiger partial charge in [-0.2, -0.15) is 0 Å². The lowest BCUT2D eigenvalue weighted by Crippen LogP contribution is -1.97. The van der Waals surface area contributed by atoms with Crippen molar-refractivity contribution in [2.24, 2.45) is 7.05 Å². The van der Waals surface area contributed by atoms with Crippen LogP contribution >= 0.6 is 0 Å². The molecule has 0 atom stereocenters. The van der Waals surface area contributed by atoms with E-state index in [1.54, 1.807) is 0 Å². The van der Waals surface area contributed by atoms with Gasteiger partial charge < -0.3 is 4.57 Å². The van der Waals surface area contributed by atoms with Gasteiger partial charge in [0.25, 0.3) is 0 Å². The molecule has 0 fully saturated rings. The van der Waals surface area contributed by atoms with Crippen LogP contribution < -0.4 is 0 Å². The Labute approximate surface area is 147 Å². The molecule has 4 rings (SSSR count). The third kappa shape index (κ3) is 2.85. The molecule has 0 unspecified atom stereocenters. The monoisotopic (exact) mass is 325 g/mol. The molecule has 25 heavy (non-hydrogen) atoms. The lowest BCUT2D eigenvalue weighted by Gasteiger charge is -2.08. The van der Waals surface area contributed by atoms with E-state index in [9.17, 15) is 0 Å². The van der Waals surface area contributed by atoms with E-state index in [4.69, 9.17) is 4.98 Å². The summed E-state index contributed by atoms with van der Waals surface area (Å²) in [6, 6.07) is 26.7. The molecule has 2 aromatic carbocycles. The van der Waals surface area contributed by atoms with E-state index < -0.39 is 0 Å². The highest BCUT2D eigenvalue weighted by Gasteiger charge is 2.19. The third-order valence-corrected chi connectivity index (χ3v) is 4.31. The Bertz CT molecular complexity index is 1000. The topological polar surface area (TPSA) is 30.7 Å². The first-order valence-corrected chi connectivity index (χ1v) is 8.35. The summed E-state index contributed by atoms with van der Waals surface area (Å²) in [5.74, 6) is 0.876. The smallest absolute Gasteiger partial charge is 0.159 e. The average molecular weight is 325 g/mol. The summed E-state index contributed by atoms with van der Waals surface area (Å²) in [6.07, 6.45) is 0. The lowest BCUT2D eigenvalue weighted by molar-refractivity contribution is 0.923. The molecule has 0 amide bonds. The van der Waals surface area contributed by atoms with Gasteiger partial charge in [-0.25, -0.2) is 9.97 Å². The normalized spacial score (nSPS) is 10.8. The first-order chi connectivity index (χ1) is 12.2. The fraction of sp³-hybridized carbons (Fsp3) is 0.0909. The molecule has 4 aromatic rings. The molecule has 0 saturated heterocycles. The summed E-state index contributed by atoms with van der Waals surface area (Å²) < 4.78 is 2.14. The Hall–Kier alpha value is -3.20. The van der Waals surface area contributed by atoms with Crippen molar-refractivity contribution in [3.8, 4) is 34.0 Å².